The molecule has 0 radical (unpaired) electrons. The highest BCUT2D eigenvalue weighted by atomic mass is 16.5. The van der Waals surface area contributed by atoms with Crippen molar-refractivity contribution in [2.45, 2.75) is 25.8 Å². The Balaban J connectivity index is 1.22. The maximum atomic E-state index is 12.6. The van der Waals surface area contributed by atoms with Crippen LogP contribution in [0.3, 0.4) is 0 Å². The van der Waals surface area contributed by atoms with Gasteiger partial charge in [-0.15, -0.1) is 0 Å². The summed E-state index contributed by atoms with van der Waals surface area (Å²) in [5.74, 6) is 0.901. The number of H-pyrrole nitrogens is 1. The molecule has 1 saturated heterocycles. The highest BCUT2D eigenvalue weighted by Gasteiger charge is 2.27. The molecular formula is C24H26N6O3. The van der Waals surface area contributed by atoms with Crippen molar-refractivity contribution in [1.82, 2.24) is 20.1 Å². The highest BCUT2D eigenvalue weighted by Crippen LogP contribution is 2.19. The van der Waals surface area contributed by atoms with Gasteiger partial charge < -0.3 is 14.5 Å². The van der Waals surface area contributed by atoms with E-state index in [0.717, 1.165) is 16.8 Å². The molecule has 1 N–H and O–H groups in total. The zero-order chi connectivity index (χ0) is 23.2. The predicted molar refractivity (Wildman–Crippen MR) is 124 cm³/mol. The summed E-state index contributed by atoms with van der Waals surface area (Å²) in [6.45, 7) is 4.84. The van der Waals surface area contributed by atoms with Gasteiger partial charge in [0.25, 0.3) is 5.56 Å². The number of amides is 1. The molecule has 1 aliphatic rings. The fourth-order valence-electron chi connectivity index (χ4n) is 4.15. The van der Waals surface area contributed by atoms with E-state index in [2.05, 4.69) is 33.1 Å². The Morgan fingerprint density at radius 2 is 2.09 bits per heavy atom. The van der Waals surface area contributed by atoms with Crippen molar-refractivity contribution in [2.24, 2.45) is 0 Å². The van der Waals surface area contributed by atoms with Gasteiger partial charge in [-0.3, -0.25) is 9.59 Å². The summed E-state index contributed by atoms with van der Waals surface area (Å²) in [6.07, 6.45) is 4.20. The predicted octanol–water partition coefficient (Wildman–Crippen LogP) is 1.88. The van der Waals surface area contributed by atoms with Gasteiger partial charge in [0.2, 0.25) is 5.91 Å². The summed E-state index contributed by atoms with van der Waals surface area (Å²) >= 11 is 0. The molecule has 3 heterocycles. The average molecular weight is 447 g/mol. The molecule has 1 fully saturated rings. The van der Waals surface area contributed by atoms with Gasteiger partial charge in [-0.05, 0) is 37.1 Å². The molecule has 1 atom stereocenters. The number of hydrogen-bond acceptors (Lipinski definition) is 7. The molecule has 1 unspecified atom stereocenters. The molecule has 1 amide bonds. The summed E-state index contributed by atoms with van der Waals surface area (Å²) in [5.41, 5.74) is 1.33. The third-order valence-corrected chi connectivity index (χ3v) is 5.93. The van der Waals surface area contributed by atoms with Crippen LogP contribution in [-0.2, 0) is 16.0 Å². The number of carbonyl (C=O) groups is 1. The summed E-state index contributed by atoms with van der Waals surface area (Å²) in [5, 5.41) is 16.7. The molecule has 1 aromatic carbocycles. The van der Waals surface area contributed by atoms with Crippen LogP contribution in [0, 0.1) is 11.3 Å². The van der Waals surface area contributed by atoms with Gasteiger partial charge in [0, 0.05) is 37.3 Å². The van der Waals surface area contributed by atoms with Gasteiger partial charge in [0.1, 0.15) is 11.9 Å². The molecule has 0 spiro atoms. The standard InChI is InChI=1S/C24H26N6O3/c1-17-16-29(9-10-30(17)22-6-5-18(13-25)14-26-22)23(31)8-12-33-11-7-19-3-2-4-20-21(19)15-27-28-24(20)32/h2-6,14-15,17H,7-12,16H2,1H3,(H,28,32). The maximum Gasteiger partial charge on any atom is 0.272 e. The molecule has 0 saturated carbocycles. The lowest BCUT2D eigenvalue weighted by molar-refractivity contribution is -0.133. The number of rotatable bonds is 7. The Morgan fingerprint density at radius 3 is 2.85 bits per heavy atom. The fourth-order valence-corrected chi connectivity index (χ4v) is 4.15. The van der Waals surface area contributed by atoms with E-state index in [-0.39, 0.29) is 17.5 Å². The van der Waals surface area contributed by atoms with Crippen molar-refractivity contribution in [2.75, 3.05) is 37.7 Å². The average Bonchev–Trinajstić information content (AvgIpc) is 2.84. The molecule has 3 aromatic rings. The zero-order valence-corrected chi connectivity index (χ0v) is 18.5. The number of carbonyl (C=O) groups excluding carboxylic acids is 1. The monoisotopic (exact) mass is 446 g/mol. The lowest BCUT2D eigenvalue weighted by Crippen LogP contribution is -2.54. The highest BCUT2D eigenvalue weighted by molar-refractivity contribution is 5.83. The van der Waals surface area contributed by atoms with E-state index >= 15 is 0 Å². The number of aromatic amines is 1. The van der Waals surface area contributed by atoms with Crippen molar-refractivity contribution < 1.29 is 9.53 Å². The quantitative estimate of drug-likeness (QED) is 0.551. The van der Waals surface area contributed by atoms with Gasteiger partial charge >= 0.3 is 0 Å². The summed E-state index contributed by atoms with van der Waals surface area (Å²) in [7, 11) is 0. The van der Waals surface area contributed by atoms with E-state index in [1.54, 1.807) is 24.5 Å². The number of nitrogens with zero attached hydrogens (tertiary/aromatic N) is 5. The molecule has 33 heavy (non-hydrogen) atoms. The van der Waals surface area contributed by atoms with Crippen LogP contribution < -0.4 is 10.5 Å². The number of hydrogen-bond donors (Lipinski definition) is 1. The fraction of sp³-hybridized carbons (Fsp3) is 0.375. The first-order valence-corrected chi connectivity index (χ1v) is 11.0. The maximum absolute atomic E-state index is 12.6. The first-order chi connectivity index (χ1) is 16.1. The van der Waals surface area contributed by atoms with E-state index in [4.69, 9.17) is 10.00 Å². The Morgan fingerprint density at radius 1 is 1.21 bits per heavy atom. The second kappa shape index (κ2) is 10.2. The van der Waals surface area contributed by atoms with Crippen molar-refractivity contribution in [1.29, 1.82) is 5.26 Å². The zero-order valence-electron chi connectivity index (χ0n) is 18.5. The second-order valence-corrected chi connectivity index (χ2v) is 8.09. The van der Waals surface area contributed by atoms with Crippen LogP contribution in [0.5, 0.6) is 0 Å². The lowest BCUT2D eigenvalue weighted by atomic mass is 10.1. The Bertz CT molecular complexity index is 1220. The molecule has 9 heteroatoms. The number of piperazine rings is 1. The Kier molecular flexibility index (Phi) is 6.95. The number of fused-ring (bicyclic) bond motifs is 1. The minimum absolute atomic E-state index is 0.0789. The normalized spacial score (nSPS) is 16.1. The molecule has 170 valence electrons. The third-order valence-electron chi connectivity index (χ3n) is 5.93. The number of nitriles is 1. The van der Waals surface area contributed by atoms with E-state index < -0.39 is 0 Å². The number of aromatic nitrogens is 3. The van der Waals surface area contributed by atoms with Gasteiger partial charge in [0.05, 0.1) is 36.8 Å². The van der Waals surface area contributed by atoms with Gasteiger partial charge in [-0.25, -0.2) is 10.1 Å². The molecular weight excluding hydrogens is 420 g/mol. The largest absolute Gasteiger partial charge is 0.381 e. The van der Waals surface area contributed by atoms with Crippen LogP contribution in [-0.4, -0.2) is 64.9 Å². The van der Waals surface area contributed by atoms with Crippen molar-refractivity contribution in [3.8, 4) is 6.07 Å². The number of nitrogens with one attached hydrogen (secondary N) is 1. The number of ether oxygens (including phenoxy) is 1. The smallest absolute Gasteiger partial charge is 0.272 e. The van der Waals surface area contributed by atoms with Gasteiger partial charge in [0.15, 0.2) is 0 Å². The molecule has 0 bridgehead atoms. The minimum atomic E-state index is -0.204. The van der Waals surface area contributed by atoms with Gasteiger partial charge in [-0.2, -0.15) is 10.4 Å². The van der Waals surface area contributed by atoms with Crippen LogP contribution in [0.4, 0.5) is 5.82 Å². The molecule has 9 nitrogen and oxygen atoms in total. The lowest BCUT2D eigenvalue weighted by Gasteiger charge is -2.40. The first-order valence-electron chi connectivity index (χ1n) is 11.0. The van der Waals surface area contributed by atoms with E-state index in [0.29, 0.717) is 56.6 Å². The van der Waals surface area contributed by atoms with Crippen LogP contribution in [0.1, 0.15) is 24.5 Å². The Labute approximate surface area is 191 Å². The first kappa shape index (κ1) is 22.4. The molecule has 0 aliphatic carbocycles. The van der Waals surface area contributed by atoms with E-state index in [1.165, 1.54) is 0 Å². The number of benzene rings is 1. The second-order valence-electron chi connectivity index (χ2n) is 8.09. The summed E-state index contributed by atoms with van der Waals surface area (Å²) in [4.78, 5) is 32.9. The SMILES string of the molecule is CC1CN(C(=O)CCOCCc2cccc3c(=O)[nH]ncc23)CCN1c1ccc(C#N)cn1. The van der Waals surface area contributed by atoms with Gasteiger partial charge in [-0.1, -0.05) is 12.1 Å². The number of anilines is 1. The Hall–Kier alpha value is -3.77. The summed E-state index contributed by atoms with van der Waals surface area (Å²) < 4.78 is 5.72. The molecule has 1 aliphatic heterocycles. The van der Waals surface area contributed by atoms with E-state index in [9.17, 15) is 9.59 Å². The number of pyridine rings is 1. The van der Waals surface area contributed by atoms with Crippen molar-refractivity contribution >= 4 is 22.5 Å². The third kappa shape index (κ3) is 5.18. The molecule has 4 rings (SSSR count). The van der Waals surface area contributed by atoms with Crippen LogP contribution >= 0.6 is 0 Å². The minimum Gasteiger partial charge on any atom is -0.381 e. The van der Waals surface area contributed by atoms with Crippen LogP contribution in [0.2, 0.25) is 0 Å². The van der Waals surface area contributed by atoms with Crippen LogP contribution in [0.15, 0.2) is 47.5 Å². The van der Waals surface area contributed by atoms with Crippen molar-refractivity contribution in [3.63, 3.8) is 0 Å². The topological polar surface area (TPSA) is 115 Å². The summed E-state index contributed by atoms with van der Waals surface area (Å²) in [6, 6.07) is 11.4. The van der Waals surface area contributed by atoms with Crippen LogP contribution in [0.25, 0.3) is 10.8 Å². The molecule has 2 aromatic heterocycles. The van der Waals surface area contributed by atoms with Crippen molar-refractivity contribution in [3.05, 3.63) is 64.2 Å². The van der Waals surface area contributed by atoms with E-state index in [1.807, 2.05) is 23.1 Å².